The zero-order chi connectivity index (χ0) is 42.4. The van der Waals surface area contributed by atoms with E-state index in [0.29, 0.717) is 19.3 Å². The highest BCUT2D eigenvalue weighted by atomic mass is 16.6. The summed E-state index contributed by atoms with van der Waals surface area (Å²) in [6, 6.07) is 11.5. The van der Waals surface area contributed by atoms with Crippen LogP contribution >= 0.6 is 0 Å². The first kappa shape index (κ1) is 44.7. The number of carbonyl (C=O) groups is 7. The Kier molecular flexibility index (Phi) is 16.2. The Hall–Kier alpha value is -5.99. The number of nitrogens with zero attached hydrogens (tertiary/aromatic N) is 2. The Balaban J connectivity index is 1.52. The summed E-state index contributed by atoms with van der Waals surface area (Å²) in [6.07, 6.45) is 3.91. The minimum absolute atomic E-state index is 0.0252. The Morgan fingerprint density at radius 3 is 1.55 bits per heavy atom. The van der Waals surface area contributed by atoms with E-state index >= 15 is 0 Å². The van der Waals surface area contributed by atoms with Crippen LogP contribution in [0.4, 0.5) is 4.79 Å². The highest BCUT2D eigenvalue weighted by molar-refractivity contribution is 5.97. The normalized spacial score (nSPS) is 18.5. The molecule has 15 heteroatoms. The number of carboxylic acid groups (broad SMARTS) is 1. The second-order valence-corrected chi connectivity index (χ2v) is 15.5. The number of carbonyl (C=O) groups excluding carboxylic acids is 6. The van der Waals surface area contributed by atoms with E-state index < -0.39 is 83.5 Å². The number of carboxylic acids is 1. The Bertz CT molecular complexity index is 1800. The lowest BCUT2D eigenvalue weighted by Crippen LogP contribution is -2.59. The highest BCUT2D eigenvalue weighted by Gasteiger charge is 2.41. The van der Waals surface area contributed by atoms with Crippen molar-refractivity contribution in [1.29, 1.82) is 0 Å². The monoisotopic (exact) mass is 800 g/mol. The largest absolute Gasteiger partial charge is 0.480 e. The smallest absolute Gasteiger partial charge is 0.408 e. The van der Waals surface area contributed by atoms with Crippen LogP contribution in [0.15, 0.2) is 86.0 Å². The summed E-state index contributed by atoms with van der Waals surface area (Å²) in [4.78, 5) is 96.8. The first-order chi connectivity index (χ1) is 27.6. The fraction of sp³-hybridized carbons (Fsp3) is 0.465. The number of alkyl carbamates (subject to hydrolysis) is 1. The van der Waals surface area contributed by atoms with Crippen molar-refractivity contribution in [2.24, 2.45) is 0 Å². The number of ether oxygens (including phenoxy) is 1. The maximum atomic E-state index is 14.2. The first-order valence-corrected chi connectivity index (χ1v) is 19.7. The fourth-order valence-electron chi connectivity index (χ4n) is 7.15. The summed E-state index contributed by atoms with van der Waals surface area (Å²) in [5, 5.41) is 20.6. The van der Waals surface area contributed by atoms with Gasteiger partial charge in [-0.05, 0) is 70.4 Å². The summed E-state index contributed by atoms with van der Waals surface area (Å²) in [5.74, 6) is -4.13. The van der Waals surface area contributed by atoms with E-state index in [1.807, 2.05) is 24.3 Å². The van der Waals surface area contributed by atoms with Crippen LogP contribution in [-0.4, -0.2) is 111 Å². The Morgan fingerprint density at radius 2 is 1.12 bits per heavy atom. The Labute approximate surface area is 339 Å². The van der Waals surface area contributed by atoms with Gasteiger partial charge < -0.3 is 40.9 Å². The van der Waals surface area contributed by atoms with E-state index in [-0.39, 0.29) is 45.2 Å². The molecule has 0 saturated carbocycles. The third-order valence-electron chi connectivity index (χ3n) is 9.90. The maximum Gasteiger partial charge on any atom is 0.408 e. The van der Waals surface area contributed by atoms with Crippen LogP contribution in [0.2, 0.25) is 0 Å². The molecule has 0 bridgehead atoms. The van der Waals surface area contributed by atoms with Crippen molar-refractivity contribution in [2.75, 3.05) is 13.1 Å². The molecular formula is C43H56N6O9. The van der Waals surface area contributed by atoms with Crippen molar-refractivity contribution in [3.8, 4) is 0 Å². The molecule has 2 aliphatic rings. The van der Waals surface area contributed by atoms with Crippen LogP contribution in [0.5, 0.6) is 0 Å². The number of benzene rings is 2. The summed E-state index contributed by atoms with van der Waals surface area (Å²) < 4.78 is 5.41. The van der Waals surface area contributed by atoms with E-state index in [1.165, 1.54) is 22.0 Å². The quantitative estimate of drug-likeness (QED) is 0.141. The third kappa shape index (κ3) is 12.8. The lowest BCUT2D eigenvalue weighted by molar-refractivity contribution is -0.149. The van der Waals surface area contributed by atoms with Crippen LogP contribution in [-0.2, 0) is 46.3 Å². The molecule has 312 valence electrons. The van der Waals surface area contributed by atoms with E-state index in [0.717, 1.165) is 11.1 Å². The molecule has 2 aromatic carbocycles. The van der Waals surface area contributed by atoms with Crippen LogP contribution in [0.1, 0.15) is 70.4 Å². The van der Waals surface area contributed by atoms with Gasteiger partial charge in [0.15, 0.2) is 0 Å². The molecule has 15 nitrogen and oxygen atoms in total. The topological polar surface area (TPSA) is 204 Å². The molecule has 2 saturated heterocycles. The van der Waals surface area contributed by atoms with Crippen molar-refractivity contribution >= 4 is 41.6 Å². The number of hydrogen-bond donors (Lipinski definition) is 5. The zero-order valence-corrected chi connectivity index (χ0v) is 33.5. The molecule has 0 spiro atoms. The van der Waals surface area contributed by atoms with Crippen LogP contribution in [0.3, 0.4) is 0 Å². The van der Waals surface area contributed by atoms with Gasteiger partial charge in [0.1, 0.15) is 41.9 Å². The molecule has 0 unspecified atom stereocenters. The molecule has 0 radical (unpaired) electrons. The molecule has 2 aromatic rings. The maximum absolute atomic E-state index is 14.2. The second kappa shape index (κ2) is 21.0. The molecule has 58 heavy (non-hydrogen) atoms. The predicted molar refractivity (Wildman–Crippen MR) is 216 cm³/mol. The molecule has 6 amide bonds. The number of aliphatic carboxylic acids is 1. The van der Waals surface area contributed by atoms with Gasteiger partial charge in [-0.3, -0.25) is 24.0 Å². The van der Waals surface area contributed by atoms with Gasteiger partial charge in [0, 0.05) is 25.9 Å². The van der Waals surface area contributed by atoms with Crippen LogP contribution in [0.25, 0.3) is 0 Å². The highest BCUT2D eigenvalue weighted by Crippen LogP contribution is 2.22. The summed E-state index contributed by atoms with van der Waals surface area (Å²) in [7, 11) is 0. The van der Waals surface area contributed by atoms with Crippen molar-refractivity contribution in [1.82, 2.24) is 31.1 Å². The summed E-state index contributed by atoms with van der Waals surface area (Å²) in [6.45, 7) is 13.0. The number of likely N-dealkylation sites (tertiary alicyclic amines) is 2. The second-order valence-electron chi connectivity index (χ2n) is 15.5. The molecule has 2 heterocycles. The summed E-state index contributed by atoms with van der Waals surface area (Å²) in [5.41, 5.74) is 0.657. The van der Waals surface area contributed by atoms with Gasteiger partial charge in [-0.1, -0.05) is 72.8 Å². The van der Waals surface area contributed by atoms with Crippen LogP contribution < -0.4 is 21.3 Å². The number of nitrogens with one attached hydrogen (secondary N) is 4. The fourth-order valence-corrected chi connectivity index (χ4v) is 7.15. The van der Waals surface area contributed by atoms with Gasteiger partial charge >= 0.3 is 12.1 Å². The van der Waals surface area contributed by atoms with E-state index in [4.69, 9.17) is 4.74 Å². The van der Waals surface area contributed by atoms with Gasteiger partial charge in [-0.15, -0.1) is 13.2 Å². The minimum Gasteiger partial charge on any atom is -0.480 e. The SMILES string of the molecule is C=CC[C@H](NC(=O)[C@@H](Cc1ccccc1)NC(=O)[C@@H]1CCCN1C(=O)[C@H](CC=C)NC(=O)[C@H](Cc1ccccc1)NC(=O)OC(C)(C)C)C(=O)N1CCC[C@H]1C(=O)O. The number of rotatable bonds is 18. The average molecular weight is 801 g/mol. The molecular weight excluding hydrogens is 745 g/mol. The van der Waals surface area contributed by atoms with Gasteiger partial charge in [-0.2, -0.15) is 0 Å². The lowest BCUT2D eigenvalue weighted by Gasteiger charge is -2.31. The standard InChI is InChI=1S/C43H56N6O9/c1-6-16-30(45-37(51)33(27-29-20-12-9-13-21-29)47-42(57)58-43(3,4)5)39(53)48-24-14-22-34(48)38(52)46-32(26-28-18-10-8-11-19-28)36(50)44-31(17-7-2)40(54)49-25-15-23-35(49)41(55)56/h6-13,18-21,30-35H,1-2,14-17,22-27H2,3-5H3,(H,44,50)(H,45,51)(H,46,52)(H,47,57)(H,55,56)/t30-,31-,32+,33-,34-,35-/m0/s1. The molecule has 6 atom stereocenters. The molecule has 4 rings (SSSR count). The summed E-state index contributed by atoms with van der Waals surface area (Å²) >= 11 is 0. The third-order valence-corrected chi connectivity index (χ3v) is 9.90. The number of hydrogen-bond acceptors (Lipinski definition) is 8. The van der Waals surface area contributed by atoms with Crippen LogP contribution in [0, 0.1) is 0 Å². The van der Waals surface area contributed by atoms with Crippen molar-refractivity contribution < 1.29 is 43.4 Å². The first-order valence-electron chi connectivity index (χ1n) is 19.7. The number of amides is 6. The van der Waals surface area contributed by atoms with Gasteiger partial charge in [0.25, 0.3) is 0 Å². The predicted octanol–water partition coefficient (Wildman–Crippen LogP) is 3.04. The molecule has 2 aliphatic heterocycles. The Morgan fingerprint density at radius 1 is 0.690 bits per heavy atom. The van der Waals surface area contributed by atoms with E-state index in [1.54, 1.807) is 57.2 Å². The minimum atomic E-state index is -1.18. The molecule has 2 fully saturated rings. The van der Waals surface area contributed by atoms with Gasteiger partial charge in [0.2, 0.25) is 29.5 Å². The molecule has 0 aliphatic carbocycles. The average Bonchev–Trinajstić information content (AvgIpc) is 3.88. The van der Waals surface area contributed by atoms with Crippen molar-refractivity contribution in [2.45, 2.75) is 114 Å². The van der Waals surface area contributed by atoms with Crippen molar-refractivity contribution in [3.63, 3.8) is 0 Å². The zero-order valence-electron chi connectivity index (χ0n) is 33.5. The van der Waals surface area contributed by atoms with Gasteiger partial charge in [0.05, 0.1) is 0 Å². The van der Waals surface area contributed by atoms with E-state index in [2.05, 4.69) is 34.4 Å². The molecule has 0 aromatic heterocycles. The molecule has 5 N–H and O–H groups in total. The lowest BCUT2D eigenvalue weighted by atomic mass is 10.0. The van der Waals surface area contributed by atoms with E-state index in [9.17, 15) is 38.7 Å². The van der Waals surface area contributed by atoms with Crippen molar-refractivity contribution in [3.05, 3.63) is 97.1 Å². The van der Waals surface area contributed by atoms with Gasteiger partial charge in [-0.25, -0.2) is 9.59 Å².